The quantitative estimate of drug-likeness (QED) is 0.673. The summed E-state index contributed by atoms with van der Waals surface area (Å²) in [7, 11) is -4.10. The van der Waals surface area contributed by atoms with Crippen LogP contribution in [0, 0.1) is 13.8 Å². The van der Waals surface area contributed by atoms with Crippen molar-refractivity contribution >= 4 is 10.1 Å². The Morgan fingerprint density at radius 1 is 1.42 bits per heavy atom. The number of hydrogen-bond acceptors (Lipinski definition) is 2. The van der Waals surface area contributed by atoms with Gasteiger partial charge in [-0.05, 0) is 31.0 Å². The van der Waals surface area contributed by atoms with E-state index < -0.39 is 10.1 Å². The van der Waals surface area contributed by atoms with Gasteiger partial charge in [-0.25, -0.2) is 0 Å². The number of benzene rings is 1. The van der Waals surface area contributed by atoms with Crippen molar-refractivity contribution in [1.82, 2.24) is 0 Å². The van der Waals surface area contributed by atoms with Gasteiger partial charge in [-0.2, -0.15) is 8.42 Å². The van der Waals surface area contributed by atoms with E-state index in [1.807, 2.05) is 0 Å². The lowest BCUT2D eigenvalue weighted by molar-refractivity contribution is 0.482. The van der Waals surface area contributed by atoms with Crippen LogP contribution in [0.4, 0.5) is 0 Å². The summed E-state index contributed by atoms with van der Waals surface area (Å²) in [6.07, 6.45) is 0. The van der Waals surface area contributed by atoms with Gasteiger partial charge in [0.05, 0.1) is 4.90 Å². The van der Waals surface area contributed by atoms with Crippen LogP contribution in [0.2, 0.25) is 0 Å². The molecule has 0 aliphatic heterocycles. The van der Waals surface area contributed by atoms with E-state index in [-0.39, 0.29) is 4.90 Å². The standard InChI is InChI=1S/C8H9O3S/c1-6-4-3-5-8(7(6)2)12(9,10)11/h3-5H,1H2,2H3,(H,9,10,11). The Kier molecular flexibility index (Phi) is 2.21. The summed E-state index contributed by atoms with van der Waals surface area (Å²) in [4.78, 5) is -0.0741. The van der Waals surface area contributed by atoms with Crippen LogP contribution in [0.25, 0.3) is 0 Å². The molecule has 3 nitrogen and oxygen atoms in total. The minimum absolute atomic E-state index is 0.0741. The monoisotopic (exact) mass is 185 g/mol. The third-order valence-electron chi connectivity index (χ3n) is 1.67. The Morgan fingerprint density at radius 3 is 2.42 bits per heavy atom. The van der Waals surface area contributed by atoms with Gasteiger partial charge in [0.1, 0.15) is 0 Å². The van der Waals surface area contributed by atoms with Crippen molar-refractivity contribution in [3.05, 3.63) is 36.2 Å². The molecule has 0 saturated heterocycles. The van der Waals surface area contributed by atoms with Gasteiger partial charge in [-0.3, -0.25) is 4.55 Å². The first-order chi connectivity index (χ1) is 5.43. The van der Waals surface area contributed by atoms with Crippen molar-refractivity contribution in [2.45, 2.75) is 11.8 Å². The first-order valence-electron chi connectivity index (χ1n) is 3.32. The van der Waals surface area contributed by atoms with Gasteiger partial charge < -0.3 is 0 Å². The highest BCUT2D eigenvalue weighted by molar-refractivity contribution is 7.85. The highest BCUT2D eigenvalue weighted by atomic mass is 32.2. The molecule has 0 atom stereocenters. The Labute approximate surface area is 71.8 Å². The zero-order valence-electron chi connectivity index (χ0n) is 6.61. The van der Waals surface area contributed by atoms with Gasteiger partial charge in [-0.15, -0.1) is 0 Å². The smallest absolute Gasteiger partial charge is 0.282 e. The van der Waals surface area contributed by atoms with Gasteiger partial charge >= 0.3 is 0 Å². The largest absolute Gasteiger partial charge is 0.294 e. The number of hydrogen-bond donors (Lipinski definition) is 1. The van der Waals surface area contributed by atoms with Gasteiger partial charge in [0.2, 0.25) is 0 Å². The molecule has 0 unspecified atom stereocenters. The molecule has 1 rings (SSSR count). The lowest BCUT2D eigenvalue weighted by Crippen LogP contribution is -2.01. The molecule has 0 spiro atoms. The highest BCUT2D eigenvalue weighted by Crippen LogP contribution is 2.17. The molecule has 0 aliphatic rings. The molecular weight excluding hydrogens is 176 g/mol. The molecule has 0 bridgehead atoms. The Hall–Kier alpha value is -0.870. The normalized spacial score (nSPS) is 11.6. The molecule has 0 saturated carbocycles. The molecule has 65 valence electrons. The molecule has 1 aromatic rings. The molecule has 4 heteroatoms. The van der Waals surface area contributed by atoms with Crippen molar-refractivity contribution < 1.29 is 13.0 Å². The van der Waals surface area contributed by atoms with Crippen LogP contribution in [0.15, 0.2) is 23.1 Å². The summed E-state index contributed by atoms with van der Waals surface area (Å²) >= 11 is 0. The van der Waals surface area contributed by atoms with Crippen LogP contribution < -0.4 is 0 Å². The lowest BCUT2D eigenvalue weighted by atomic mass is 10.1. The fraction of sp³-hybridized carbons (Fsp3) is 0.125. The maximum atomic E-state index is 10.7. The van der Waals surface area contributed by atoms with Crippen LogP contribution in [-0.4, -0.2) is 13.0 Å². The molecule has 1 aromatic carbocycles. The van der Waals surface area contributed by atoms with E-state index in [0.29, 0.717) is 11.1 Å². The minimum atomic E-state index is -4.10. The minimum Gasteiger partial charge on any atom is -0.282 e. The zero-order valence-corrected chi connectivity index (χ0v) is 7.43. The summed E-state index contributed by atoms with van der Waals surface area (Å²) in [6.45, 7) is 5.22. The average Bonchev–Trinajstić information content (AvgIpc) is 1.92. The van der Waals surface area contributed by atoms with E-state index in [1.165, 1.54) is 6.07 Å². The van der Waals surface area contributed by atoms with E-state index in [4.69, 9.17) is 4.55 Å². The summed E-state index contributed by atoms with van der Waals surface area (Å²) in [5.74, 6) is 0. The summed E-state index contributed by atoms with van der Waals surface area (Å²) in [5, 5.41) is 0. The van der Waals surface area contributed by atoms with Crippen molar-refractivity contribution in [1.29, 1.82) is 0 Å². The lowest BCUT2D eigenvalue weighted by Gasteiger charge is -2.03. The first-order valence-corrected chi connectivity index (χ1v) is 4.76. The molecule has 0 amide bonds. The van der Waals surface area contributed by atoms with Gasteiger partial charge in [0.15, 0.2) is 0 Å². The summed E-state index contributed by atoms with van der Waals surface area (Å²) < 4.78 is 30.2. The van der Waals surface area contributed by atoms with Crippen molar-refractivity contribution in [3.8, 4) is 0 Å². The summed E-state index contributed by atoms with van der Waals surface area (Å²) in [5.41, 5.74) is 1.09. The van der Waals surface area contributed by atoms with Crippen molar-refractivity contribution in [2.24, 2.45) is 0 Å². The fourth-order valence-corrected chi connectivity index (χ4v) is 1.71. The first kappa shape index (κ1) is 9.22. The van der Waals surface area contributed by atoms with E-state index in [9.17, 15) is 8.42 Å². The van der Waals surface area contributed by atoms with Crippen molar-refractivity contribution in [3.63, 3.8) is 0 Å². The Balaban J connectivity index is 3.47. The van der Waals surface area contributed by atoms with Gasteiger partial charge in [0.25, 0.3) is 10.1 Å². The van der Waals surface area contributed by atoms with E-state index in [2.05, 4.69) is 6.92 Å². The summed E-state index contributed by atoms with van der Waals surface area (Å²) in [6, 6.07) is 4.57. The maximum absolute atomic E-state index is 10.7. The van der Waals surface area contributed by atoms with Crippen LogP contribution in [0.3, 0.4) is 0 Å². The number of rotatable bonds is 1. The van der Waals surface area contributed by atoms with Crippen LogP contribution >= 0.6 is 0 Å². The maximum Gasteiger partial charge on any atom is 0.294 e. The molecule has 0 aromatic heterocycles. The highest BCUT2D eigenvalue weighted by Gasteiger charge is 2.12. The molecule has 12 heavy (non-hydrogen) atoms. The Morgan fingerprint density at radius 2 is 2.00 bits per heavy atom. The molecule has 1 radical (unpaired) electrons. The molecule has 0 aliphatic carbocycles. The average molecular weight is 185 g/mol. The molecule has 1 N–H and O–H groups in total. The molecule has 0 heterocycles. The van der Waals surface area contributed by atoms with Crippen molar-refractivity contribution in [2.75, 3.05) is 0 Å². The SMILES string of the molecule is [CH2]c1cccc(S(=O)(=O)O)c1C. The zero-order chi connectivity index (χ0) is 9.35. The molecular formula is C8H9O3S. The second kappa shape index (κ2) is 2.88. The van der Waals surface area contributed by atoms with Gasteiger partial charge in [-0.1, -0.05) is 12.1 Å². The topological polar surface area (TPSA) is 54.4 Å². The predicted molar refractivity (Wildman–Crippen MR) is 45.5 cm³/mol. The van der Waals surface area contributed by atoms with E-state index in [0.717, 1.165) is 0 Å². The second-order valence-corrected chi connectivity index (χ2v) is 3.91. The third kappa shape index (κ3) is 1.65. The molecule has 0 fully saturated rings. The van der Waals surface area contributed by atoms with Crippen LogP contribution in [0.1, 0.15) is 11.1 Å². The third-order valence-corrected chi connectivity index (χ3v) is 2.67. The van der Waals surface area contributed by atoms with E-state index >= 15 is 0 Å². The second-order valence-electron chi connectivity index (χ2n) is 2.52. The van der Waals surface area contributed by atoms with E-state index in [1.54, 1.807) is 19.1 Å². The fourth-order valence-electron chi connectivity index (χ4n) is 0.939. The van der Waals surface area contributed by atoms with Gasteiger partial charge in [0, 0.05) is 0 Å². The predicted octanol–water partition coefficient (Wildman–Crippen LogP) is 1.42. The Bertz CT molecular complexity index is 393. The van der Waals surface area contributed by atoms with Crippen LogP contribution in [0.5, 0.6) is 0 Å². The van der Waals surface area contributed by atoms with Crippen LogP contribution in [-0.2, 0) is 10.1 Å².